The van der Waals surface area contributed by atoms with Crippen LogP contribution in [-0.4, -0.2) is 20.6 Å². The van der Waals surface area contributed by atoms with Crippen molar-refractivity contribution in [2.45, 2.75) is 0 Å². The van der Waals surface area contributed by atoms with Crippen molar-refractivity contribution in [2.24, 2.45) is 0 Å². The summed E-state index contributed by atoms with van der Waals surface area (Å²) in [6, 6.07) is 0. The van der Waals surface area contributed by atoms with Crippen molar-refractivity contribution in [3.63, 3.8) is 0 Å². The first-order valence-electron chi connectivity index (χ1n) is 1.97. The summed E-state index contributed by atoms with van der Waals surface area (Å²) in [5.74, 6) is 0. The normalized spacial score (nSPS) is 11.9. The van der Waals surface area contributed by atoms with Gasteiger partial charge in [-0.25, -0.2) is 5.11 Å². The second-order valence-electron chi connectivity index (χ2n) is 1.11. The molecule has 4 nitrogen and oxygen atoms in total. The number of hydrogen-bond donors (Lipinski definition) is 0. The summed E-state index contributed by atoms with van der Waals surface area (Å²) in [5.41, 5.74) is 0. The Balaban J connectivity index is 3.79. The van der Waals surface area contributed by atoms with Crippen molar-refractivity contribution < 1.29 is 18.7 Å². The molecule has 1 radical (unpaired) electrons. The van der Waals surface area contributed by atoms with Crippen LogP contribution in [0.25, 0.3) is 0 Å². The fraction of sp³-hybridized carbons (Fsp3) is 1.00. The lowest BCUT2D eigenvalue weighted by molar-refractivity contribution is 0.188. The van der Waals surface area contributed by atoms with Crippen LogP contribution in [0.15, 0.2) is 0 Å². The van der Waals surface area contributed by atoms with Gasteiger partial charge >= 0.3 is 7.60 Å². The van der Waals surface area contributed by atoms with E-state index in [-0.39, 0.29) is 0 Å². The second-order valence-corrected chi connectivity index (χ2v) is 3.32. The molecule has 0 N–H and O–H groups in total. The standard InChI is InChI=1S/C3H8O4P/c1-6-8(5,3-4)7-2/h3H2,1-2H3. The molecule has 0 aliphatic rings. The van der Waals surface area contributed by atoms with Gasteiger partial charge in [0, 0.05) is 14.2 Å². The second kappa shape index (κ2) is 3.20. The van der Waals surface area contributed by atoms with Crippen LogP contribution in [0, 0.1) is 0 Å². The summed E-state index contributed by atoms with van der Waals surface area (Å²) in [7, 11) is -0.852. The van der Waals surface area contributed by atoms with Crippen molar-refractivity contribution in [3.8, 4) is 0 Å². The van der Waals surface area contributed by atoms with E-state index in [1.807, 2.05) is 0 Å². The van der Waals surface area contributed by atoms with E-state index in [9.17, 15) is 9.67 Å². The molecular formula is C3H8O4P. The quantitative estimate of drug-likeness (QED) is 0.545. The molecule has 0 fully saturated rings. The predicted molar refractivity (Wildman–Crippen MR) is 27.2 cm³/mol. The molecular weight excluding hydrogens is 131 g/mol. The van der Waals surface area contributed by atoms with Gasteiger partial charge in [0.2, 0.25) is 0 Å². The molecule has 49 valence electrons. The van der Waals surface area contributed by atoms with Crippen molar-refractivity contribution in [2.75, 3.05) is 20.6 Å². The molecule has 8 heavy (non-hydrogen) atoms. The maximum atomic E-state index is 10.6. The van der Waals surface area contributed by atoms with E-state index in [1.54, 1.807) is 0 Å². The minimum absolute atomic E-state index is 0.819. The third-order valence-corrected chi connectivity index (χ3v) is 2.14. The summed E-state index contributed by atoms with van der Waals surface area (Å²) >= 11 is 0. The zero-order chi connectivity index (χ0) is 6.62. The van der Waals surface area contributed by atoms with Gasteiger partial charge < -0.3 is 9.05 Å². The lowest BCUT2D eigenvalue weighted by Crippen LogP contribution is -1.90. The highest BCUT2D eigenvalue weighted by Gasteiger charge is 2.19. The van der Waals surface area contributed by atoms with Gasteiger partial charge in [0.15, 0.2) is 6.35 Å². The molecule has 0 spiro atoms. The molecule has 0 saturated carbocycles. The highest BCUT2D eigenvalue weighted by atomic mass is 31.2. The lowest BCUT2D eigenvalue weighted by atomic mass is 11.7. The van der Waals surface area contributed by atoms with Crippen molar-refractivity contribution in [3.05, 3.63) is 0 Å². The van der Waals surface area contributed by atoms with E-state index in [1.165, 1.54) is 14.2 Å². The largest absolute Gasteiger partial charge is 0.358 e. The molecule has 0 unspecified atom stereocenters. The fourth-order valence-corrected chi connectivity index (χ4v) is 0.540. The van der Waals surface area contributed by atoms with E-state index < -0.39 is 13.9 Å². The monoisotopic (exact) mass is 139 g/mol. The highest BCUT2D eigenvalue weighted by molar-refractivity contribution is 7.53. The van der Waals surface area contributed by atoms with Gasteiger partial charge in [0.05, 0.1) is 0 Å². The summed E-state index contributed by atoms with van der Waals surface area (Å²) in [6.07, 6.45) is -0.819. The summed E-state index contributed by atoms with van der Waals surface area (Å²) in [4.78, 5) is 0. The molecule has 0 aliphatic heterocycles. The zero-order valence-corrected chi connectivity index (χ0v) is 5.68. The Morgan fingerprint density at radius 1 is 1.38 bits per heavy atom. The first-order valence-corrected chi connectivity index (χ1v) is 3.70. The van der Waals surface area contributed by atoms with Crippen LogP contribution in [0.3, 0.4) is 0 Å². The van der Waals surface area contributed by atoms with Crippen LogP contribution in [0.2, 0.25) is 0 Å². The first kappa shape index (κ1) is 8.11. The van der Waals surface area contributed by atoms with Crippen LogP contribution in [0.4, 0.5) is 0 Å². The molecule has 0 rings (SSSR count). The van der Waals surface area contributed by atoms with Crippen molar-refractivity contribution in [1.82, 2.24) is 0 Å². The average Bonchev–Trinajstić information content (AvgIpc) is 1.87. The maximum Gasteiger partial charge on any atom is 0.358 e. The van der Waals surface area contributed by atoms with Gasteiger partial charge in [-0.05, 0) is 0 Å². The molecule has 0 aromatic heterocycles. The fourth-order valence-electron chi connectivity index (χ4n) is 0.180. The van der Waals surface area contributed by atoms with E-state index >= 15 is 0 Å². The molecule has 0 aliphatic carbocycles. The molecule has 0 amide bonds. The van der Waals surface area contributed by atoms with Gasteiger partial charge in [0.25, 0.3) is 0 Å². The molecule has 0 heterocycles. The molecule has 0 bridgehead atoms. The molecule has 0 atom stereocenters. The summed E-state index contributed by atoms with van der Waals surface area (Å²) in [5, 5.41) is 9.90. The topological polar surface area (TPSA) is 55.4 Å². The van der Waals surface area contributed by atoms with Gasteiger partial charge in [-0.1, -0.05) is 0 Å². The average molecular weight is 139 g/mol. The molecule has 0 aromatic rings. The van der Waals surface area contributed by atoms with Gasteiger partial charge in [-0.3, -0.25) is 4.57 Å². The Kier molecular flexibility index (Phi) is 3.24. The predicted octanol–water partition coefficient (Wildman–Crippen LogP) is 0.860. The smallest absolute Gasteiger partial charge is 0.310 e. The maximum absolute atomic E-state index is 10.6. The van der Waals surface area contributed by atoms with E-state index in [0.717, 1.165) is 0 Å². The summed E-state index contributed by atoms with van der Waals surface area (Å²) in [6.45, 7) is 0. The lowest BCUT2D eigenvalue weighted by Gasteiger charge is -2.06. The van der Waals surface area contributed by atoms with Crippen molar-refractivity contribution >= 4 is 7.60 Å². The Morgan fingerprint density at radius 2 is 1.75 bits per heavy atom. The Morgan fingerprint density at radius 3 is 1.75 bits per heavy atom. The van der Waals surface area contributed by atoms with Crippen molar-refractivity contribution in [1.29, 1.82) is 0 Å². The minimum atomic E-state index is -3.22. The number of rotatable bonds is 3. The van der Waals surface area contributed by atoms with Gasteiger partial charge in [-0.2, -0.15) is 0 Å². The van der Waals surface area contributed by atoms with E-state index in [0.29, 0.717) is 0 Å². The van der Waals surface area contributed by atoms with Crippen LogP contribution >= 0.6 is 7.60 Å². The van der Waals surface area contributed by atoms with Crippen LogP contribution < -0.4 is 0 Å². The molecule has 0 saturated heterocycles. The first-order chi connectivity index (χ1) is 3.68. The van der Waals surface area contributed by atoms with Crippen LogP contribution in [-0.2, 0) is 18.7 Å². The molecule has 0 aromatic carbocycles. The van der Waals surface area contributed by atoms with Crippen LogP contribution in [0.1, 0.15) is 0 Å². The van der Waals surface area contributed by atoms with E-state index in [4.69, 9.17) is 0 Å². The van der Waals surface area contributed by atoms with Gasteiger partial charge in [-0.15, -0.1) is 0 Å². The number of hydrogen-bond acceptors (Lipinski definition) is 3. The van der Waals surface area contributed by atoms with Crippen LogP contribution in [0.5, 0.6) is 0 Å². The third-order valence-electron chi connectivity index (χ3n) is 0.714. The zero-order valence-electron chi connectivity index (χ0n) is 4.79. The third kappa shape index (κ3) is 1.92. The minimum Gasteiger partial charge on any atom is -0.310 e. The van der Waals surface area contributed by atoms with Gasteiger partial charge in [0.1, 0.15) is 0 Å². The molecule has 5 heteroatoms. The summed E-state index contributed by atoms with van der Waals surface area (Å²) < 4.78 is 19.1. The highest BCUT2D eigenvalue weighted by Crippen LogP contribution is 2.44. The Hall–Kier alpha value is 0.110. The Labute approximate surface area is 48.0 Å². The SMILES string of the molecule is COP(=O)(C[O])OC. The Bertz CT molecular complexity index is 82.4. The van der Waals surface area contributed by atoms with E-state index in [2.05, 4.69) is 9.05 Å².